The molecular weight excluding hydrogens is 384 g/mol. The van der Waals surface area contributed by atoms with E-state index in [0.29, 0.717) is 22.4 Å². The van der Waals surface area contributed by atoms with Crippen molar-refractivity contribution in [2.24, 2.45) is 0 Å². The number of hydrogen-bond acceptors (Lipinski definition) is 7. The average molecular weight is 400 g/mol. The first kappa shape index (κ1) is 17.9. The van der Waals surface area contributed by atoms with Gasteiger partial charge in [-0.2, -0.15) is 4.98 Å². The number of nitrogens with two attached hydrogens (primary N) is 1. The van der Waals surface area contributed by atoms with Crippen LogP contribution in [0.4, 0.5) is 11.8 Å². The van der Waals surface area contributed by atoms with Gasteiger partial charge in [0.05, 0.1) is 18.4 Å². The minimum atomic E-state index is -0.788. The van der Waals surface area contributed by atoms with E-state index in [-0.39, 0.29) is 40.2 Å². The number of nitrogens with zero attached hydrogens (tertiary/aromatic N) is 1. The Morgan fingerprint density at radius 1 is 0.967 bits per heavy atom. The fourth-order valence-electron chi connectivity index (χ4n) is 4.05. The third-order valence-electron chi connectivity index (χ3n) is 5.40. The lowest BCUT2D eigenvalue weighted by Gasteiger charge is -2.32. The quantitative estimate of drug-likeness (QED) is 0.602. The number of carbonyl (C=O) groups is 2. The standard InChI is InChI=1S/C22H16N4O4/c1-30-11-8-6-10(7-9-11)14-15-17(24-20-16(14)21(29)26-22(23)25-20)19(28)13-5-3-2-4-12(13)18(15)27/h2-9,14H,1H3,(H4,23,24,25,26,29). The molecule has 5 rings (SSSR count). The summed E-state index contributed by atoms with van der Waals surface area (Å²) in [7, 11) is 1.55. The molecule has 0 fully saturated rings. The molecule has 8 heteroatoms. The Labute approximate surface area is 170 Å². The van der Waals surface area contributed by atoms with Crippen LogP contribution in [0.2, 0.25) is 0 Å². The topological polar surface area (TPSA) is 127 Å². The third kappa shape index (κ3) is 2.47. The van der Waals surface area contributed by atoms with Crippen molar-refractivity contribution in [3.63, 3.8) is 0 Å². The van der Waals surface area contributed by atoms with Crippen molar-refractivity contribution in [1.29, 1.82) is 0 Å². The van der Waals surface area contributed by atoms with Crippen LogP contribution < -0.4 is 21.3 Å². The SMILES string of the molecule is COc1ccc(C2C3=C(Nc4nc(N)[nH]c(=O)c42)C(=O)c2ccccc2C3=O)cc1. The summed E-state index contributed by atoms with van der Waals surface area (Å²) in [6.45, 7) is 0. The highest BCUT2D eigenvalue weighted by Gasteiger charge is 2.42. The van der Waals surface area contributed by atoms with E-state index in [1.807, 2.05) is 0 Å². The van der Waals surface area contributed by atoms with Gasteiger partial charge in [-0.3, -0.25) is 19.4 Å². The summed E-state index contributed by atoms with van der Waals surface area (Å²) in [5.74, 6) is -0.720. The molecule has 148 valence electrons. The molecule has 0 saturated carbocycles. The molecule has 30 heavy (non-hydrogen) atoms. The van der Waals surface area contributed by atoms with Crippen LogP contribution in [-0.4, -0.2) is 28.6 Å². The smallest absolute Gasteiger partial charge is 0.258 e. The van der Waals surface area contributed by atoms with Crippen molar-refractivity contribution in [1.82, 2.24) is 9.97 Å². The molecule has 0 radical (unpaired) electrons. The van der Waals surface area contributed by atoms with Crippen molar-refractivity contribution in [3.05, 3.63) is 92.4 Å². The fraction of sp³-hybridized carbons (Fsp3) is 0.0909. The van der Waals surface area contributed by atoms with Crippen LogP contribution in [0, 0.1) is 0 Å². The number of rotatable bonds is 2. The largest absolute Gasteiger partial charge is 0.497 e. The van der Waals surface area contributed by atoms with Crippen molar-refractivity contribution < 1.29 is 14.3 Å². The molecule has 0 amide bonds. The zero-order valence-corrected chi connectivity index (χ0v) is 15.9. The van der Waals surface area contributed by atoms with Crippen LogP contribution in [0.5, 0.6) is 5.75 Å². The third-order valence-corrected chi connectivity index (χ3v) is 5.40. The van der Waals surface area contributed by atoms with E-state index in [9.17, 15) is 14.4 Å². The Morgan fingerprint density at radius 2 is 1.63 bits per heavy atom. The molecular formula is C22H16N4O4. The number of Topliss-reactive ketones (excluding diaryl/α,β-unsaturated/α-hetero) is 2. The van der Waals surface area contributed by atoms with Gasteiger partial charge in [-0.25, -0.2) is 0 Å². The average Bonchev–Trinajstić information content (AvgIpc) is 2.76. The van der Waals surface area contributed by atoms with Gasteiger partial charge in [0.15, 0.2) is 5.78 Å². The molecule has 0 spiro atoms. The normalized spacial score (nSPS) is 17.0. The van der Waals surface area contributed by atoms with Crippen LogP contribution in [0.15, 0.2) is 64.6 Å². The second-order valence-corrected chi connectivity index (χ2v) is 7.04. The van der Waals surface area contributed by atoms with Gasteiger partial charge in [-0.1, -0.05) is 36.4 Å². The number of allylic oxidation sites excluding steroid dienone is 2. The zero-order chi connectivity index (χ0) is 21.0. The lowest BCUT2D eigenvalue weighted by Crippen LogP contribution is -2.36. The summed E-state index contributed by atoms with van der Waals surface area (Å²) < 4.78 is 5.21. The Kier molecular flexibility index (Phi) is 3.82. The Balaban J connectivity index is 1.80. The molecule has 1 aromatic heterocycles. The van der Waals surface area contributed by atoms with Crippen molar-refractivity contribution >= 4 is 23.3 Å². The summed E-state index contributed by atoms with van der Waals surface area (Å²) in [5, 5.41) is 2.90. The zero-order valence-electron chi connectivity index (χ0n) is 15.9. The predicted molar refractivity (Wildman–Crippen MR) is 110 cm³/mol. The summed E-state index contributed by atoms with van der Waals surface area (Å²) >= 11 is 0. The van der Waals surface area contributed by atoms with Crippen LogP contribution in [-0.2, 0) is 0 Å². The van der Waals surface area contributed by atoms with Crippen LogP contribution in [0.25, 0.3) is 0 Å². The van der Waals surface area contributed by atoms with Crippen molar-refractivity contribution in [2.45, 2.75) is 5.92 Å². The molecule has 1 atom stereocenters. The van der Waals surface area contributed by atoms with Gasteiger partial charge in [0.1, 0.15) is 11.6 Å². The summed E-state index contributed by atoms with van der Waals surface area (Å²) in [5.41, 5.74) is 7.08. The van der Waals surface area contributed by atoms with Gasteiger partial charge in [0.25, 0.3) is 5.56 Å². The monoisotopic (exact) mass is 400 g/mol. The molecule has 0 saturated heterocycles. The number of aromatic nitrogens is 2. The van der Waals surface area contributed by atoms with Gasteiger partial charge >= 0.3 is 0 Å². The lowest BCUT2D eigenvalue weighted by molar-refractivity contribution is 0.0971. The highest BCUT2D eigenvalue weighted by molar-refractivity contribution is 6.29. The van der Waals surface area contributed by atoms with Gasteiger partial charge in [0.2, 0.25) is 11.7 Å². The molecule has 2 heterocycles. The second-order valence-electron chi connectivity index (χ2n) is 7.04. The maximum Gasteiger partial charge on any atom is 0.258 e. The minimum absolute atomic E-state index is 0.0845. The second kappa shape index (κ2) is 6.41. The van der Waals surface area contributed by atoms with Crippen molar-refractivity contribution in [2.75, 3.05) is 18.2 Å². The molecule has 4 N–H and O–H groups in total. The highest BCUT2D eigenvalue weighted by atomic mass is 16.5. The van der Waals surface area contributed by atoms with Gasteiger partial charge in [-0.15, -0.1) is 0 Å². The maximum atomic E-state index is 13.5. The number of ketones is 2. The van der Waals surface area contributed by atoms with Crippen LogP contribution in [0.3, 0.4) is 0 Å². The number of fused-ring (bicyclic) bond motifs is 2. The number of carbonyl (C=O) groups excluding carboxylic acids is 2. The molecule has 1 unspecified atom stereocenters. The molecule has 1 aliphatic heterocycles. The Bertz CT molecular complexity index is 1320. The van der Waals surface area contributed by atoms with Gasteiger partial charge in [0, 0.05) is 22.6 Å². The number of methoxy groups -OCH3 is 1. The number of ether oxygens (including phenoxy) is 1. The van der Waals surface area contributed by atoms with E-state index < -0.39 is 11.5 Å². The Morgan fingerprint density at radius 3 is 2.30 bits per heavy atom. The van der Waals surface area contributed by atoms with Crippen LogP contribution >= 0.6 is 0 Å². The first-order valence-electron chi connectivity index (χ1n) is 9.23. The summed E-state index contributed by atoms with van der Waals surface area (Å²) in [4.78, 5) is 46.2. The van der Waals surface area contributed by atoms with E-state index in [2.05, 4.69) is 15.3 Å². The number of hydrogen-bond donors (Lipinski definition) is 3. The van der Waals surface area contributed by atoms with Crippen LogP contribution in [0.1, 0.15) is 37.8 Å². The van der Waals surface area contributed by atoms with E-state index in [0.717, 1.165) is 0 Å². The molecule has 0 bridgehead atoms. The number of aromatic amines is 1. The number of benzene rings is 2. The molecule has 2 aliphatic rings. The van der Waals surface area contributed by atoms with E-state index in [1.165, 1.54) is 0 Å². The van der Waals surface area contributed by atoms with E-state index >= 15 is 0 Å². The summed E-state index contributed by atoms with van der Waals surface area (Å²) in [6, 6.07) is 13.6. The molecule has 2 aromatic carbocycles. The fourth-order valence-corrected chi connectivity index (χ4v) is 4.05. The number of nitrogens with one attached hydrogen (secondary N) is 2. The number of H-pyrrole nitrogens is 1. The van der Waals surface area contributed by atoms with Crippen molar-refractivity contribution in [3.8, 4) is 5.75 Å². The van der Waals surface area contributed by atoms with E-state index in [1.54, 1.807) is 55.6 Å². The van der Waals surface area contributed by atoms with E-state index in [4.69, 9.17) is 10.5 Å². The molecule has 1 aliphatic carbocycles. The maximum absolute atomic E-state index is 13.5. The number of nitrogen functional groups attached to an aromatic ring is 1. The number of anilines is 2. The van der Waals surface area contributed by atoms with Gasteiger partial charge < -0.3 is 15.8 Å². The molecule has 8 nitrogen and oxygen atoms in total. The Hall–Kier alpha value is -4.20. The predicted octanol–water partition coefficient (Wildman–Crippen LogP) is 2.25. The minimum Gasteiger partial charge on any atom is -0.497 e. The molecule has 3 aromatic rings. The summed E-state index contributed by atoms with van der Waals surface area (Å²) in [6.07, 6.45) is 0. The first-order chi connectivity index (χ1) is 14.5. The highest BCUT2D eigenvalue weighted by Crippen LogP contribution is 2.44. The van der Waals surface area contributed by atoms with Gasteiger partial charge in [-0.05, 0) is 17.7 Å². The first-order valence-corrected chi connectivity index (χ1v) is 9.23. The lowest BCUT2D eigenvalue weighted by atomic mass is 9.74.